The van der Waals surface area contributed by atoms with Crippen LogP contribution in [0.4, 0.5) is 14.5 Å². The molecule has 0 heterocycles. The van der Waals surface area contributed by atoms with Crippen molar-refractivity contribution in [2.45, 2.75) is 0 Å². The molecule has 2 rings (SSSR count). The second kappa shape index (κ2) is 8.39. The number of benzene rings is 2. The third kappa shape index (κ3) is 5.02. The smallest absolute Gasteiger partial charge is 0.259 e. The number of carbonyl (C=O) groups excluding carboxylic acids is 1. The fourth-order valence-electron chi connectivity index (χ4n) is 1.83. The Balaban J connectivity index is 1.90. The van der Waals surface area contributed by atoms with Crippen LogP contribution >= 0.6 is 15.9 Å². The molecule has 0 aliphatic carbocycles. The SMILES string of the molecule is COc1ccc(Br)cc1/C=N/NC(=O)CNc1ccc(F)cc1F. The first kappa shape index (κ1) is 17.9. The number of hydrogen-bond acceptors (Lipinski definition) is 4. The number of halogens is 3. The Morgan fingerprint density at radius 3 is 2.79 bits per heavy atom. The van der Waals surface area contributed by atoms with Gasteiger partial charge in [0, 0.05) is 16.1 Å². The first-order valence-electron chi connectivity index (χ1n) is 6.84. The van der Waals surface area contributed by atoms with Crippen molar-refractivity contribution in [3.63, 3.8) is 0 Å². The van der Waals surface area contributed by atoms with Gasteiger partial charge in [0.2, 0.25) is 0 Å². The monoisotopic (exact) mass is 397 g/mol. The largest absolute Gasteiger partial charge is 0.496 e. The molecule has 24 heavy (non-hydrogen) atoms. The van der Waals surface area contributed by atoms with Gasteiger partial charge in [0.1, 0.15) is 17.4 Å². The van der Waals surface area contributed by atoms with Crippen molar-refractivity contribution in [1.29, 1.82) is 0 Å². The number of rotatable bonds is 6. The number of nitrogens with one attached hydrogen (secondary N) is 2. The number of carbonyl (C=O) groups is 1. The molecule has 2 aromatic carbocycles. The number of nitrogens with zero attached hydrogens (tertiary/aromatic N) is 1. The van der Waals surface area contributed by atoms with Crippen molar-refractivity contribution in [1.82, 2.24) is 5.43 Å². The molecule has 0 saturated heterocycles. The van der Waals surface area contributed by atoms with E-state index in [9.17, 15) is 13.6 Å². The molecule has 126 valence electrons. The predicted molar refractivity (Wildman–Crippen MR) is 91.3 cm³/mol. The molecule has 0 aliphatic heterocycles. The Morgan fingerprint density at radius 1 is 1.29 bits per heavy atom. The van der Waals surface area contributed by atoms with Crippen molar-refractivity contribution in [2.24, 2.45) is 5.10 Å². The molecule has 5 nitrogen and oxygen atoms in total. The van der Waals surface area contributed by atoms with Crippen molar-refractivity contribution >= 4 is 33.7 Å². The summed E-state index contributed by atoms with van der Waals surface area (Å²) in [7, 11) is 1.53. The maximum Gasteiger partial charge on any atom is 0.259 e. The van der Waals surface area contributed by atoms with Crippen LogP contribution in [0.2, 0.25) is 0 Å². The Kier molecular flexibility index (Phi) is 6.25. The lowest BCUT2D eigenvalue weighted by molar-refractivity contribution is -0.119. The Bertz CT molecular complexity index is 769. The van der Waals surface area contributed by atoms with E-state index in [1.54, 1.807) is 12.1 Å². The Labute approximate surface area is 145 Å². The molecular formula is C16H14BrF2N3O2. The van der Waals surface area contributed by atoms with Crippen LogP contribution in [0.3, 0.4) is 0 Å². The van der Waals surface area contributed by atoms with Crippen molar-refractivity contribution < 1.29 is 18.3 Å². The second-order valence-corrected chi connectivity index (χ2v) is 5.57. The van der Waals surface area contributed by atoms with Gasteiger partial charge in [0.25, 0.3) is 5.91 Å². The highest BCUT2D eigenvalue weighted by Gasteiger charge is 2.06. The van der Waals surface area contributed by atoms with Gasteiger partial charge in [-0.3, -0.25) is 4.79 Å². The van der Waals surface area contributed by atoms with E-state index in [-0.39, 0.29) is 12.2 Å². The summed E-state index contributed by atoms with van der Waals surface area (Å²) in [6.45, 7) is -0.213. The van der Waals surface area contributed by atoms with Gasteiger partial charge in [-0.15, -0.1) is 0 Å². The van der Waals surface area contributed by atoms with Crippen LogP contribution in [0, 0.1) is 11.6 Å². The van der Waals surface area contributed by atoms with E-state index >= 15 is 0 Å². The van der Waals surface area contributed by atoms with E-state index in [4.69, 9.17) is 4.74 Å². The van der Waals surface area contributed by atoms with Crippen LogP contribution in [0.15, 0.2) is 46.0 Å². The number of amides is 1. The lowest BCUT2D eigenvalue weighted by Crippen LogP contribution is -2.26. The van der Waals surface area contributed by atoms with Crippen molar-refractivity contribution in [3.8, 4) is 5.75 Å². The molecule has 2 N–H and O–H groups in total. The zero-order chi connectivity index (χ0) is 17.5. The van der Waals surface area contributed by atoms with Gasteiger partial charge >= 0.3 is 0 Å². The van der Waals surface area contributed by atoms with Gasteiger partial charge in [0.05, 0.1) is 25.6 Å². The fraction of sp³-hybridized carbons (Fsp3) is 0.125. The summed E-state index contributed by atoms with van der Waals surface area (Å²) in [6.07, 6.45) is 1.43. The maximum atomic E-state index is 13.4. The summed E-state index contributed by atoms with van der Waals surface area (Å²) in [5.74, 6) is -1.34. The molecular weight excluding hydrogens is 384 g/mol. The van der Waals surface area contributed by atoms with Gasteiger partial charge in [-0.05, 0) is 30.3 Å². The molecule has 0 unspecified atom stereocenters. The molecule has 2 aromatic rings. The predicted octanol–water partition coefficient (Wildman–Crippen LogP) is 3.30. The molecule has 0 spiro atoms. The summed E-state index contributed by atoms with van der Waals surface area (Å²) >= 11 is 3.33. The second-order valence-electron chi connectivity index (χ2n) is 4.66. The number of hydrogen-bond donors (Lipinski definition) is 2. The van der Waals surface area contributed by atoms with Crippen molar-refractivity contribution in [2.75, 3.05) is 19.0 Å². The van der Waals surface area contributed by atoms with E-state index in [2.05, 4.69) is 31.8 Å². The fourth-order valence-corrected chi connectivity index (χ4v) is 2.21. The molecule has 0 aliphatic rings. The van der Waals surface area contributed by atoms with Gasteiger partial charge in [-0.2, -0.15) is 5.10 Å². The number of hydrazone groups is 1. The maximum absolute atomic E-state index is 13.4. The molecule has 1 amide bonds. The number of anilines is 1. The third-order valence-corrected chi connectivity index (χ3v) is 3.45. The first-order chi connectivity index (χ1) is 11.5. The average Bonchev–Trinajstić information content (AvgIpc) is 2.54. The standard InChI is InChI=1S/C16H14BrF2N3O2/c1-24-15-5-2-11(17)6-10(15)8-21-22-16(23)9-20-14-4-3-12(18)7-13(14)19/h2-8,20H,9H2,1H3,(H,22,23)/b21-8+. The lowest BCUT2D eigenvalue weighted by atomic mass is 10.2. The van der Waals surface area contributed by atoms with E-state index in [0.717, 1.165) is 16.6 Å². The Hall–Kier alpha value is -2.48. The van der Waals surface area contributed by atoms with E-state index in [0.29, 0.717) is 11.3 Å². The molecule has 0 atom stereocenters. The minimum absolute atomic E-state index is 0.0317. The zero-order valence-corrected chi connectivity index (χ0v) is 14.2. The minimum atomic E-state index is -0.773. The lowest BCUT2D eigenvalue weighted by Gasteiger charge is -2.07. The molecule has 0 bridgehead atoms. The molecule has 0 radical (unpaired) electrons. The first-order valence-corrected chi connectivity index (χ1v) is 7.63. The van der Waals surface area contributed by atoms with Crippen molar-refractivity contribution in [3.05, 3.63) is 58.1 Å². The van der Waals surface area contributed by atoms with Gasteiger partial charge in [-0.1, -0.05) is 15.9 Å². The summed E-state index contributed by atoms with van der Waals surface area (Å²) in [5, 5.41) is 6.38. The van der Waals surface area contributed by atoms with Crippen LogP contribution in [0.25, 0.3) is 0 Å². The van der Waals surface area contributed by atoms with Gasteiger partial charge < -0.3 is 10.1 Å². The molecule has 8 heteroatoms. The van der Waals surface area contributed by atoms with Crippen LogP contribution in [-0.2, 0) is 4.79 Å². The summed E-state index contributed by atoms with van der Waals surface area (Å²) in [6, 6.07) is 8.40. The normalized spacial score (nSPS) is 10.7. The van der Waals surface area contributed by atoms with E-state index in [1.165, 1.54) is 19.4 Å². The summed E-state index contributed by atoms with van der Waals surface area (Å²) in [5.41, 5.74) is 3.01. The quantitative estimate of drug-likeness (QED) is 0.580. The summed E-state index contributed by atoms with van der Waals surface area (Å²) in [4.78, 5) is 11.7. The summed E-state index contributed by atoms with van der Waals surface area (Å²) < 4.78 is 32.2. The van der Waals surface area contributed by atoms with E-state index < -0.39 is 17.5 Å². The van der Waals surface area contributed by atoms with Crippen LogP contribution in [-0.4, -0.2) is 25.8 Å². The topological polar surface area (TPSA) is 62.7 Å². The molecule has 0 aromatic heterocycles. The molecule has 0 fully saturated rings. The van der Waals surface area contributed by atoms with Crippen LogP contribution in [0.1, 0.15) is 5.56 Å². The van der Waals surface area contributed by atoms with Crippen LogP contribution < -0.4 is 15.5 Å². The average molecular weight is 398 g/mol. The molecule has 0 saturated carbocycles. The highest BCUT2D eigenvalue weighted by Crippen LogP contribution is 2.21. The van der Waals surface area contributed by atoms with Gasteiger partial charge in [0.15, 0.2) is 0 Å². The van der Waals surface area contributed by atoms with Gasteiger partial charge in [-0.25, -0.2) is 14.2 Å². The number of ether oxygens (including phenoxy) is 1. The third-order valence-electron chi connectivity index (χ3n) is 2.96. The minimum Gasteiger partial charge on any atom is -0.496 e. The number of methoxy groups -OCH3 is 1. The van der Waals surface area contributed by atoms with Crippen LogP contribution in [0.5, 0.6) is 5.75 Å². The highest BCUT2D eigenvalue weighted by atomic mass is 79.9. The zero-order valence-electron chi connectivity index (χ0n) is 12.6. The van der Waals surface area contributed by atoms with E-state index in [1.807, 2.05) is 6.07 Å². The highest BCUT2D eigenvalue weighted by molar-refractivity contribution is 9.10. The Morgan fingerprint density at radius 2 is 2.08 bits per heavy atom.